The monoisotopic (exact) mass is 1030 g/mol. The molecule has 0 saturated heterocycles. The number of alkyl halides is 12. The number of thiocarbonyl (C=S) groups is 1. The van der Waals surface area contributed by atoms with Gasteiger partial charge in [0.25, 0.3) is 0 Å². The van der Waals surface area contributed by atoms with Crippen LogP contribution in [0.1, 0.15) is 45.0 Å². The van der Waals surface area contributed by atoms with E-state index in [1.54, 1.807) is 109 Å². The van der Waals surface area contributed by atoms with Crippen molar-refractivity contribution in [1.29, 1.82) is 0 Å². The summed E-state index contributed by atoms with van der Waals surface area (Å²) in [6.45, 7) is 0. The van der Waals surface area contributed by atoms with Crippen molar-refractivity contribution in [2.75, 3.05) is 11.5 Å². The van der Waals surface area contributed by atoms with Gasteiger partial charge in [0.2, 0.25) is 0 Å². The van der Waals surface area contributed by atoms with Crippen LogP contribution in [0.15, 0.2) is 158 Å². The SMILES string of the molecule is O=C(N[C@@H](Cc1ccccc1)CP(Br)(Cc1cc(C(F)(F)F)cc(C(F)(F)F)c1)(c1ccccc1)c1ccccc1)[C@@H](NC(=S)Nc1cc(C(F)(F)F)cc(C(F)(F)F)c1)c1ccccc1. The van der Waals surface area contributed by atoms with Gasteiger partial charge in [-0.3, -0.25) is 0 Å². The van der Waals surface area contributed by atoms with Gasteiger partial charge >= 0.3 is 360 Å². The third-order valence-corrected chi connectivity index (χ3v) is 20.1. The Morgan fingerprint density at radius 2 is 0.924 bits per heavy atom. The van der Waals surface area contributed by atoms with Gasteiger partial charge in [0.05, 0.1) is 0 Å². The number of anilines is 1. The zero-order chi connectivity index (χ0) is 48.2. The minimum absolute atomic E-state index is 0.0501. The molecule has 0 heterocycles. The van der Waals surface area contributed by atoms with Gasteiger partial charge in [-0.25, -0.2) is 0 Å². The van der Waals surface area contributed by atoms with E-state index in [4.69, 9.17) is 12.2 Å². The molecule has 4 nitrogen and oxygen atoms in total. The van der Waals surface area contributed by atoms with Gasteiger partial charge in [0, 0.05) is 0 Å². The third kappa shape index (κ3) is 12.1. The summed E-state index contributed by atoms with van der Waals surface area (Å²) in [5.74, 6) is -0.802. The normalized spacial score (nSPS) is 14.0. The molecule has 6 aromatic rings. The van der Waals surface area contributed by atoms with E-state index >= 15 is 0 Å². The van der Waals surface area contributed by atoms with Crippen LogP contribution < -0.4 is 26.6 Å². The maximum atomic E-state index is 14.8. The molecule has 0 spiro atoms. The van der Waals surface area contributed by atoms with Crippen molar-refractivity contribution in [2.24, 2.45) is 0 Å². The zero-order valence-electron chi connectivity index (χ0n) is 34.0. The molecule has 0 unspecified atom stereocenters. The van der Waals surface area contributed by atoms with Crippen molar-refractivity contribution in [3.8, 4) is 0 Å². The van der Waals surface area contributed by atoms with Gasteiger partial charge in [-0.05, 0) is 0 Å². The molecule has 19 heteroatoms. The summed E-state index contributed by atoms with van der Waals surface area (Å²) in [7, 11) is 0. The van der Waals surface area contributed by atoms with Gasteiger partial charge in [0.1, 0.15) is 0 Å². The van der Waals surface area contributed by atoms with E-state index < -0.39 is 87.2 Å². The fourth-order valence-electron chi connectivity index (χ4n) is 7.71. The van der Waals surface area contributed by atoms with Crippen LogP contribution in [0.4, 0.5) is 58.4 Å². The number of benzene rings is 6. The van der Waals surface area contributed by atoms with Crippen LogP contribution in [0.2, 0.25) is 0 Å². The van der Waals surface area contributed by atoms with Crippen molar-refractivity contribution in [2.45, 2.75) is 49.4 Å². The molecule has 348 valence electrons. The fourth-order valence-corrected chi connectivity index (χ4v) is 16.3. The van der Waals surface area contributed by atoms with Gasteiger partial charge in [-0.1, -0.05) is 0 Å². The molecule has 3 N–H and O–H groups in total. The Kier molecular flexibility index (Phi) is 14.7. The van der Waals surface area contributed by atoms with Gasteiger partial charge in [-0.2, -0.15) is 26.3 Å². The molecule has 6 aromatic carbocycles. The topological polar surface area (TPSA) is 53.2 Å². The van der Waals surface area contributed by atoms with Gasteiger partial charge < -0.3 is 0 Å². The minimum atomic E-state index is -5.17. The third-order valence-electron chi connectivity index (χ3n) is 10.6. The Balaban J connectivity index is 1.47. The predicted molar refractivity (Wildman–Crippen MR) is 240 cm³/mol. The Labute approximate surface area is 384 Å². The van der Waals surface area contributed by atoms with Crippen LogP contribution in [-0.4, -0.2) is 23.2 Å². The first-order valence-corrected chi connectivity index (χ1v) is 24.7. The van der Waals surface area contributed by atoms with Crippen molar-refractivity contribution in [3.05, 3.63) is 197 Å². The van der Waals surface area contributed by atoms with Crippen molar-refractivity contribution >= 4 is 60.3 Å². The van der Waals surface area contributed by atoms with E-state index in [1.807, 2.05) is 0 Å². The van der Waals surface area contributed by atoms with Crippen molar-refractivity contribution < 1.29 is 57.5 Å². The number of nitrogens with one attached hydrogen (secondary N) is 3. The number of halogens is 13. The quantitative estimate of drug-likeness (QED) is 0.0613. The Hall–Kier alpha value is -5.45. The number of carbonyl (C=O) groups excluding carboxylic acids is 1. The van der Waals surface area contributed by atoms with Crippen LogP contribution in [0.5, 0.6) is 0 Å². The molecule has 0 aromatic heterocycles. The summed E-state index contributed by atoms with van der Waals surface area (Å²) in [5.41, 5.74) is -6.31. The first-order valence-electron chi connectivity index (χ1n) is 19.7. The molecule has 1 amide bonds. The number of rotatable bonds is 13. The van der Waals surface area contributed by atoms with E-state index in [0.717, 1.165) is 0 Å². The molecule has 0 aliphatic rings. The summed E-state index contributed by atoms with van der Waals surface area (Å²) in [6, 6.07) is 33.1. The predicted octanol–water partition coefficient (Wildman–Crippen LogP) is 13.2. The molecular formula is C47H37BrF12N3OPS. The average Bonchev–Trinajstić information content (AvgIpc) is 3.25. The van der Waals surface area contributed by atoms with Crippen molar-refractivity contribution in [3.63, 3.8) is 0 Å². The van der Waals surface area contributed by atoms with E-state index in [9.17, 15) is 57.5 Å². The number of amides is 1. The van der Waals surface area contributed by atoms with E-state index in [1.165, 1.54) is 12.1 Å². The van der Waals surface area contributed by atoms with Gasteiger partial charge in [-0.15, -0.1) is 0 Å². The Morgan fingerprint density at radius 3 is 1.35 bits per heavy atom. The van der Waals surface area contributed by atoms with Gasteiger partial charge in [0.15, 0.2) is 0 Å². The second kappa shape index (κ2) is 19.4. The van der Waals surface area contributed by atoms with Crippen LogP contribution in [0.3, 0.4) is 0 Å². The molecule has 66 heavy (non-hydrogen) atoms. The summed E-state index contributed by atoms with van der Waals surface area (Å²) in [4.78, 5) is 14.8. The molecule has 0 aliphatic heterocycles. The van der Waals surface area contributed by atoms with Crippen LogP contribution >= 0.6 is 33.0 Å². The second-order valence-electron chi connectivity index (χ2n) is 15.4. The van der Waals surface area contributed by atoms with Crippen LogP contribution in [0, 0.1) is 0 Å². The number of carbonyl (C=O) groups is 1. The van der Waals surface area contributed by atoms with Crippen molar-refractivity contribution in [1.82, 2.24) is 10.6 Å². The van der Waals surface area contributed by atoms with Crippen LogP contribution in [-0.2, 0) is 42.1 Å². The standard InChI is InChI=1S/C47H37BrF12N3OPS/c48-65(39-17-9-3-10-18-39,40-19-11-4-12-20-40,28-31-21-33(44(49,50)51)24-34(22-31)45(52,53)54)29-38(23-30-13-5-1-6-14-30)61-42(64)41(32-15-7-2-8-16-32)63-43(66)62-37-26-35(46(55,56)57)25-36(27-37)47(58,59)60/h1-22,24-27,38,41H,23,28-29H2,(H,61,64)(H2,62,63,66)/t38-,41-/m0/s1. The molecule has 0 bridgehead atoms. The first kappa shape index (κ1) is 50.0. The Bertz CT molecular complexity index is 2530. The maximum absolute atomic E-state index is 14.8. The van der Waals surface area contributed by atoms with E-state index in [0.29, 0.717) is 40.4 Å². The second-order valence-corrected chi connectivity index (χ2v) is 25.4. The molecule has 0 fully saturated rings. The molecule has 0 saturated carbocycles. The molecule has 0 aliphatic carbocycles. The Morgan fingerprint density at radius 1 is 0.530 bits per heavy atom. The van der Waals surface area contributed by atoms with E-state index in [-0.39, 0.29) is 35.8 Å². The number of hydrogen-bond donors (Lipinski definition) is 3. The average molecular weight is 1030 g/mol. The summed E-state index contributed by atoms with van der Waals surface area (Å²) in [5, 5.41) is 4.19. The molecular weight excluding hydrogens is 993 g/mol. The first-order chi connectivity index (χ1) is 30.8. The fraction of sp³-hybridized carbons (Fsp3) is 0.191. The molecule has 2 atom stereocenters. The summed E-state index contributed by atoms with van der Waals surface area (Å²) < 4.78 is 168. The van der Waals surface area contributed by atoms with Crippen LogP contribution in [0.25, 0.3) is 0 Å². The molecule has 0 radical (unpaired) electrons. The summed E-state index contributed by atoms with van der Waals surface area (Å²) >= 11 is 9.49. The van der Waals surface area contributed by atoms with E-state index in [2.05, 4.69) is 31.4 Å². The number of hydrogen-bond acceptors (Lipinski definition) is 2. The summed E-state index contributed by atoms with van der Waals surface area (Å²) in [6.07, 6.45) is -21.1. The zero-order valence-corrected chi connectivity index (χ0v) is 37.3. The molecule has 6 rings (SSSR count).